The van der Waals surface area contributed by atoms with E-state index in [9.17, 15) is 4.79 Å². The maximum Gasteiger partial charge on any atom is 0.270 e. The fourth-order valence-corrected chi connectivity index (χ4v) is 4.58. The van der Waals surface area contributed by atoms with Crippen LogP contribution in [-0.2, 0) is 13.6 Å². The molecule has 0 aliphatic carbocycles. The second-order valence-corrected chi connectivity index (χ2v) is 9.46. The Morgan fingerprint density at radius 1 is 0.944 bits per heavy atom. The molecule has 0 radical (unpaired) electrons. The van der Waals surface area contributed by atoms with Gasteiger partial charge in [-0.25, -0.2) is 4.98 Å². The number of carbonyl (C=O) groups is 1. The Kier molecular flexibility index (Phi) is 6.91. The van der Waals surface area contributed by atoms with Gasteiger partial charge in [0, 0.05) is 63.5 Å². The summed E-state index contributed by atoms with van der Waals surface area (Å²) >= 11 is 0. The van der Waals surface area contributed by atoms with Gasteiger partial charge in [0.25, 0.3) is 5.91 Å². The number of nitrogens with zero attached hydrogens (tertiary/aromatic N) is 4. The van der Waals surface area contributed by atoms with Crippen LogP contribution in [-0.4, -0.2) is 57.5 Å². The standard InChI is InChI=1S/C29H32N4O3/c1-21(2)35-24-10-7-22(8-11-24)20-32-14-16-33(17-15-32)29(34)27-18-23-9-12-25(19-26(23)31(27)3)36-28-6-4-5-13-30-28/h4-13,18-19,21H,14-17,20H2,1-3H3. The third-order valence-corrected chi connectivity index (χ3v) is 6.46. The SMILES string of the molecule is CC(C)Oc1ccc(CN2CCN(C(=O)c3cc4ccc(Oc5ccccn5)cc4n3C)CC2)cc1. The summed E-state index contributed by atoms with van der Waals surface area (Å²) in [5.41, 5.74) is 2.90. The van der Waals surface area contributed by atoms with Crippen LogP contribution >= 0.6 is 0 Å². The van der Waals surface area contributed by atoms with Crippen molar-refractivity contribution in [2.24, 2.45) is 7.05 Å². The summed E-state index contributed by atoms with van der Waals surface area (Å²) in [5, 5.41) is 1.01. The van der Waals surface area contributed by atoms with E-state index in [4.69, 9.17) is 9.47 Å². The first-order valence-electron chi connectivity index (χ1n) is 12.4. The summed E-state index contributed by atoms with van der Waals surface area (Å²) in [7, 11) is 1.93. The first kappa shape index (κ1) is 23.9. The van der Waals surface area contributed by atoms with E-state index in [0.717, 1.165) is 36.3 Å². The number of fused-ring (bicyclic) bond motifs is 1. The lowest BCUT2D eigenvalue weighted by Gasteiger charge is -2.34. The van der Waals surface area contributed by atoms with Crippen molar-refractivity contribution in [2.45, 2.75) is 26.5 Å². The number of piperazine rings is 1. The monoisotopic (exact) mass is 484 g/mol. The predicted molar refractivity (Wildman–Crippen MR) is 141 cm³/mol. The van der Waals surface area contributed by atoms with Crippen LogP contribution < -0.4 is 9.47 Å². The third kappa shape index (κ3) is 5.36. The first-order valence-corrected chi connectivity index (χ1v) is 12.4. The van der Waals surface area contributed by atoms with Crippen LogP contribution in [0.1, 0.15) is 29.9 Å². The Balaban J connectivity index is 1.21. The molecule has 1 aliphatic rings. The van der Waals surface area contributed by atoms with Gasteiger partial charge in [-0.05, 0) is 55.8 Å². The molecule has 4 aromatic rings. The smallest absolute Gasteiger partial charge is 0.270 e. The third-order valence-electron chi connectivity index (χ3n) is 6.46. The van der Waals surface area contributed by atoms with Crippen molar-refractivity contribution in [3.8, 4) is 17.4 Å². The Morgan fingerprint density at radius 3 is 2.39 bits per heavy atom. The van der Waals surface area contributed by atoms with Crippen LogP contribution in [0.25, 0.3) is 10.9 Å². The van der Waals surface area contributed by atoms with Crippen molar-refractivity contribution in [3.05, 3.63) is 84.2 Å². The zero-order valence-corrected chi connectivity index (χ0v) is 21.1. The highest BCUT2D eigenvalue weighted by Crippen LogP contribution is 2.27. The summed E-state index contributed by atoms with van der Waals surface area (Å²) in [5.74, 6) is 2.20. The lowest BCUT2D eigenvalue weighted by Crippen LogP contribution is -2.48. The van der Waals surface area contributed by atoms with Gasteiger partial charge in [-0.3, -0.25) is 9.69 Å². The van der Waals surface area contributed by atoms with Crippen LogP contribution in [0.3, 0.4) is 0 Å². The predicted octanol–water partition coefficient (Wildman–Crippen LogP) is 5.11. The molecule has 3 heterocycles. The van der Waals surface area contributed by atoms with Gasteiger partial charge in [-0.1, -0.05) is 18.2 Å². The molecule has 36 heavy (non-hydrogen) atoms. The zero-order chi connectivity index (χ0) is 25.1. The van der Waals surface area contributed by atoms with Gasteiger partial charge < -0.3 is 18.9 Å². The van der Waals surface area contributed by atoms with Crippen molar-refractivity contribution in [3.63, 3.8) is 0 Å². The van der Waals surface area contributed by atoms with Gasteiger partial charge in [0.2, 0.25) is 5.88 Å². The molecule has 0 spiro atoms. The number of amides is 1. The van der Waals surface area contributed by atoms with Gasteiger partial charge in [0.05, 0.1) is 11.6 Å². The van der Waals surface area contributed by atoms with Crippen LogP contribution in [0.4, 0.5) is 0 Å². The molecule has 0 bridgehead atoms. The van der Waals surface area contributed by atoms with E-state index in [2.05, 4.69) is 22.0 Å². The Labute approximate surface area is 211 Å². The van der Waals surface area contributed by atoms with Crippen molar-refractivity contribution >= 4 is 16.8 Å². The molecule has 0 atom stereocenters. The number of aromatic nitrogens is 2. The van der Waals surface area contributed by atoms with E-state index in [0.29, 0.717) is 30.4 Å². The quantitative estimate of drug-likeness (QED) is 0.365. The molecule has 5 rings (SSSR count). The van der Waals surface area contributed by atoms with E-state index in [-0.39, 0.29) is 12.0 Å². The van der Waals surface area contributed by atoms with Crippen molar-refractivity contribution in [1.82, 2.24) is 19.4 Å². The van der Waals surface area contributed by atoms with E-state index in [1.54, 1.807) is 6.20 Å². The van der Waals surface area contributed by atoms with Gasteiger partial charge in [0.15, 0.2) is 0 Å². The molecule has 2 aromatic heterocycles. The normalized spacial score (nSPS) is 14.4. The van der Waals surface area contributed by atoms with Crippen molar-refractivity contribution in [2.75, 3.05) is 26.2 Å². The fourth-order valence-electron chi connectivity index (χ4n) is 4.58. The lowest BCUT2D eigenvalue weighted by molar-refractivity contribution is 0.0619. The molecule has 1 aliphatic heterocycles. The summed E-state index contributed by atoms with van der Waals surface area (Å²) in [6, 6.07) is 21.7. The van der Waals surface area contributed by atoms with Crippen molar-refractivity contribution < 1.29 is 14.3 Å². The maximum absolute atomic E-state index is 13.4. The van der Waals surface area contributed by atoms with Gasteiger partial charge >= 0.3 is 0 Å². The highest BCUT2D eigenvalue weighted by Gasteiger charge is 2.25. The molecule has 1 saturated heterocycles. The second kappa shape index (κ2) is 10.4. The van der Waals surface area contributed by atoms with E-state index in [1.165, 1.54) is 5.56 Å². The summed E-state index contributed by atoms with van der Waals surface area (Å²) in [6.07, 6.45) is 1.87. The van der Waals surface area contributed by atoms with E-state index in [1.807, 2.05) is 85.0 Å². The summed E-state index contributed by atoms with van der Waals surface area (Å²) < 4.78 is 13.6. The van der Waals surface area contributed by atoms with Crippen molar-refractivity contribution in [1.29, 1.82) is 0 Å². The number of benzene rings is 2. The molecule has 186 valence electrons. The average molecular weight is 485 g/mol. The lowest BCUT2D eigenvalue weighted by atomic mass is 10.2. The molecule has 1 fully saturated rings. The minimum Gasteiger partial charge on any atom is -0.491 e. The molecule has 0 N–H and O–H groups in total. The number of carbonyl (C=O) groups excluding carboxylic acids is 1. The molecule has 7 heteroatoms. The Bertz CT molecular complexity index is 1320. The molecule has 7 nitrogen and oxygen atoms in total. The highest BCUT2D eigenvalue weighted by atomic mass is 16.5. The summed E-state index contributed by atoms with van der Waals surface area (Å²) in [6.45, 7) is 8.05. The van der Waals surface area contributed by atoms with Gasteiger partial charge in [-0.15, -0.1) is 0 Å². The molecular weight excluding hydrogens is 452 g/mol. The van der Waals surface area contributed by atoms with Crippen LogP contribution in [0.15, 0.2) is 72.9 Å². The Morgan fingerprint density at radius 2 is 1.69 bits per heavy atom. The highest BCUT2D eigenvalue weighted by molar-refractivity contribution is 5.99. The van der Waals surface area contributed by atoms with Crippen LogP contribution in [0.2, 0.25) is 0 Å². The molecular formula is C29H32N4O3. The molecule has 0 unspecified atom stereocenters. The number of aryl methyl sites for hydroxylation is 1. The minimum absolute atomic E-state index is 0.0655. The van der Waals surface area contributed by atoms with E-state index >= 15 is 0 Å². The number of rotatable bonds is 7. The van der Waals surface area contributed by atoms with Gasteiger partial charge in [0.1, 0.15) is 17.2 Å². The van der Waals surface area contributed by atoms with Gasteiger partial charge in [-0.2, -0.15) is 0 Å². The number of hydrogen-bond acceptors (Lipinski definition) is 5. The summed E-state index contributed by atoms with van der Waals surface area (Å²) in [4.78, 5) is 22.0. The Hall–Kier alpha value is -3.84. The number of pyridine rings is 1. The maximum atomic E-state index is 13.4. The first-order chi connectivity index (χ1) is 17.5. The largest absolute Gasteiger partial charge is 0.491 e. The molecule has 2 aromatic carbocycles. The second-order valence-electron chi connectivity index (χ2n) is 9.46. The fraction of sp³-hybridized carbons (Fsp3) is 0.310. The number of hydrogen-bond donors (Lipinski definition) is 0. The topological polar surface area (TPSA) is 59.8 Å². The minimum atomic E-state index is 0.0655. The zero-order valence-electron chi connectivity index (χ0n) is 21.1. The number of ether oxygens (including phenoxy) is 2. The molecule has 1 amide bonds. The van der Waals surface area contributed by atoms with Crippen LogP contribution in [0, 0.1) is 0 Å². The molecule has 0 saturated carbocycles. The van der Waals surface area contributed by atoms with E-state index < -0.39 is 0 Å². The van der Waals surface area contributed by atoms with Crippen LogP contribution in [0.5, 0.6) is 17.4 Å². The average Bonchev–Trinajstić information content (AvgIpc) is 3.21.